The van der Waals surface area contributed by atoms with Crippen LogP contribution in [0, 0.1) is 0 Å². The fourth-order valence-electron chi connectivity index (χ4n) is 3.20. The molecule has 1 amide bonds. The normalized spacial score (nSPS) is 19.6. The molecule has 122 valence electrons. The van der Waals surface area contributed by atoms with Crippen LogP contribution >= 0.6 is 0 Å². The second-order valence-electron chi connectivity index (χ2n) is 6.28. The fraction of sp³-hybridized carbons (Fsp3) is 0.421. The molecule has 1 saturated heterocycles. The van der Waals surface area contributed by atoms with E-state index in [0.29, 0.717) is 0 Å². The van der Waals surface area contributed by atoms with Gasteiger partial charge in [-0.05, 0) is 42.3 Å². The van der Waals surface area contributed by atoms with Crippen LogP contribution in [-0.4, -0.2) is 43.6 Å². The lowest BCUT2D eigenvalue weighted by Gasteiger charge is -2.35. The van der Waals surface area contributed by atoms with Crippen molar-refractivity contribution >= 4 is 16.7 Å². The van der Waals surface area contributed by atoms with E-state index in [1.54, 1.807) is 7.11 Å². The molecule has 1 heterocycles. The van der Waals surface area contributed by atoms with Crippen LogP contribution in [0.4, 0.5) is 0 Å². The summed E-state index contributed by atoms with van der Waals surface area (Å²) in [6.45, 7) is 6.64. The summed E-state index contributed by atoms with van der Waals surface area (Å²) in [5.41, 5.74) is 1.07. The average Bonchev–Trinajstić information content (AvgIpc) is 2.60. The molecule has 0 bridgehead atoms. The number of piperazine rings is 1. The standard InChI is InChI=1S/C19H24N2O2/c1-13-12-20-8-9-21(13)19(22)14(2)15-4-5-17-11-18(23-3)7-6-16(17)10-15/h4-7,10-11,13-14,20H,8-9,12H2,1-3H3/t13-,14?/m0/s1. The van der Waals surface area contributed by atoms with Crippen LogP contribution in [0.15, 0.2) is 36.4 Å². The quantitative estimate of drug-likeness (QED) is 0.947. The lowest BCUT2D eigenvalue weighted by molar-refractivity contribution is -0.135. The highest BCUT2D eigenvalue weighted by Gasteiger charge is 2.27. The number of hydrogen-bond acceptors (Lipinski definition) is 3. The Kier molecular flexibility index (Phi) is 4.53. The number of methoxy groups -OCH3 is 1. The topological polar surface area (TPSA) is 41.6 Å². The predicted molar refractivity (Wildman–Crippen MR) is 93.0 cm³/mol. The van der Waals surface area contributed by atoms with Crippen LogP contribution in [0.25, 0.3) is 10.8 Å². The highest BCUT2D eigenvalue weighted by molar-refractivity contribution is 5.88. The molecular weight excluding hydrogens is 288 g/mol. The Balaban J connectivity index is 1.85. The van der Waals surface area contributed by atoms with E-state index in [1.807, 2.05) is 30.0 Å². The first-order chi connectivity index (χ1) is 11.1. The summed E-state index contributed by atoms with van der Waals surface area (Å²) in [5.74, 6) is 0.943. The Morgan fingerprint density at radius 2 is 2.00 bits per heavy atom. The maximum absolute atomic E-state index is 12.8. The van der Waals surface area contributed by atoms with Crippen molar-refractivity contribution in [3.05, 3.63) is 42.0 Å². The summed E-state index contributed by atoms with van der Waals surface area (Å²) in [4.78, 5) is 14.8. The first-order valence-electron chi connectivity index (χ1n) is 8.19. The first kappa shape index (κ1) is 15.8. The Morgan fingerprint density at radius 3 is 2.74 bits per heavy atom. The van der Waals surface area contributed by atoms with Crippen molar-refractivity contribution in [1.29, 1.82) is 0 Å². The van der Waals surface area contributed by atoms with Crippen molar-refractivity contribution in [3.8, 4) is 5.75 Å². The van der Waals surface area contributed by atoms with E-state index in [-0.39, 0.29) is 17.9 Å². The summed E-state index contributed by atoms with van der Waals surface area (Å²) in [5, 5.41) is 5.59. The second kappa shape index (κ2) is 6.59. The molecular formula is C19H24N2O2. The lowest BCUT2D eigenvalue weighted by Crippen LogP contribution is -2.53. The Labute approximate surface area is 137 Å². The van der Waals surface area contributed by atoms with Gasteiger partial charge in [-0.25, -0.2) is 0 Å². The molecule has 4 heteroatoms. The van der Waals surface area contributed by atoms with Crippen molar-refractivity contribution in [2.45, 2.75) is 25.8 Å². The minimum atomic E-state index is -0.123. The molecule has 0 aliphatic carbocycles. The molecule has 2 aromatic carbocycles. The molecule has 0 saturated carbocycles. The van der Waals surface area contributed by atoms with Crippen LogP contribution in [0.5, 0.6) is 5.75 Å². The third-order valence-corrected chi connectivity index (χ3v) is 4.73. The number of carbonyl (C=O) groups is 1. The van der Waals surface area contributed by atoms with Crippen molar-refractivity contribution in [2.75, 3.05) is 26.7 Å². The van der Waals surface area contributed by atoms with Crippen molar-refractivity contribution in [3.63, 3.8) is 0 Å². The molecule has 0 radical (unpaired) electrons. The molecule has 23 heavy (non-hydrogen) atoms. The van der Waals surface area contributed by atoms with Crippen molar-refractivity contribution in [2.24, 2.45) is 0 Å². The molecule has 3 rings (SSSR count). The molecule has 1 aliphatic heterocycles. The molecule has 1 fully saturated rings. The van der Waals surface area contributed by atoms with E-state index in [1.165, 1.54) is 0 Å². The summed E-state index contributed by atoms with van der Waals surface area (Å²) >= 11 is 0. The predicted octanol–water partition coefficient (Wildman–Crippen LogP) is 2.77. The fourth-order valence-corrected chi connectivity index (χ4v) is 3.20. The molecule has 2 atom stereocenters. The van der Waals surface area contributed by atoms with Crippen molar-refractivity contribution in [1.82, 2.24) is 10.2 Å². The van der Waals surface area contributed by atoms with E-state index in [2.05, 4.69) is 30.4 Å². The smallest absolute Gasteiger partial charge is 0.230 e. The number of amides is 1. The number of nitrogens with zero attached hydrogens (tertiary/aromatic N) is 1. The molecule has 0 spiro atoms. The van der Waals surface area contributed by atoms with E-state index in [4.69, 9.17) is 4.74 Å². The molecule has 1 unspecified atom stereocenters. The molecule has 4 nitrogen and oxygen atoms in total. The number of benzene rings is 2. The Morgan fingerprint density at radius 1 is 1.26 bits per heavy atom. The van der Waals surface area contributed by atoms with Gasteiger partial charge in [0, 0.05) is 25.7 Å². The van der Waals surface area contributed by atoms with Crippen LogP contribution < -0.4 is 10.1 Å². The SMILES string of the molecule is COc1ccc2cc(C(C)C(=O)N3CCNC[C@@H]3C)ccc2c1. The summed E-state index contributed by atoms with van der Waals surface area (Å²) < 4.78 is 5.26. The summed E-state index contributed by atoms with van der Waals surface area (Å²) in [7, 11) is 1.67. The van der Waals surface area contributed by atoms with Gasteiger partial charge in [-0.2, -0.15) is 0 Å². The third-order valence-electron chi connectivity index (χ3n) is 4.73. The van der Waals surface area contributed by atoms with Gasteiger partial charge < -0.3 is 15.0 Å². The maximum Gasteiger partial charge on any atom is 0.230 e. The number of carbonyl (C=O) groups excluding carboxylic acids is 1. The monoisotopic (exact) mass is 312 g/mol. The van der Waals surface area contributed by atoms with Crippen LogP contribution in [0.2, 0.25) is 0 Å². The Hall–Kier alpha value is -2.07. The van der Waals surface area contributed by atoms with E-state index in [9.17, 15) is 4.79 Å². The maximum atomic E-state index is 12.8. The van der Waals surface area contributed by atoms with Crippen LogP contribution in [0.3, 0.4) is 0 Å². The van der Waals surface area contributed by atoms with Gasteiger partial charge >= 0.3 is 0 Å². The van der Waals surface area contributed by atoms with Gasteiger partial charge in [-0.1, -0.05) is 24.3 Å². The van der Waals surface area contributed by atoms with Crippen LogP contribution in [0.1, 0.15) is 25.3 Å². The van der Waals surface area contributed by atoms with Crippen LogP contribution in [-0.2, 0) is 4.79 Å². The van der Waals surface area contributed by atoms with Crippen molar-refractivity contribution < 1.29 is 9.53 Å². The zero-order chi connectivity index (χ0) is 16.4. The van der Waals surface area contributed by atoms with E-state index in [0.717, 1.165) is 41.7 Å². The number of fused-ring (bicyclic) bond motifs is 1. The first-order valence-corrected chi connectivity index (χ1v) is 8.19. The second-order valence-corrected chi connectivity index (χ2v) is 6.28. The number of ether oxygens (including phenoxy) is 1. The lowest BCUT2D eigenvalue weighted by atomic mass is 9.95. The Bertz CT molecular complexity index is 714. The van der Waals surface area contributed by atoms with Gasteiger partial charge in [0.15, 0.2) is 0 Å². The largest absolute Gasteiger partial charge is 0.497 e. The van der Waals surface area contributed by atoms with E-state index >= 15 is 0 Å². The molecule has 1 aliphatic rings. The van der Waals surface area contributed by atoms with Gasteiger partial charge in [-0.15, -0.1) is 0 Å². The average molecular weight is 312 g/mol. The number of hydrogen-bond donors (Lipinski definition) is 1. The van der Waals surface area contributed by atoms with Gasteiger partial charge in [0.25, 0.3) is 0 Å². The number of rotatable bonds is 3. The third kappa shape index (κ3) is 3.17. The minimum Gasteiger partial charge on any atom is -0.497 e. The molecule has 1 N–H and O–H groups in total. The van der Waals surface area contributed by atoms with Gasteiger partial charge in [0.1, 0.15) is 5.75 Å². The van der Waals surface area contributed by atoms with E-state index < -0.39 is 0 Å². The zero-order valence-electron chi connectivity index (χ0n) is 14.0. The molecule has 2 aromatic rings. The molecule has 0 aromatic heterocycles. The van der Waals surface area contributed by atoms with Gasteiger partial charge in [0.2, 0.25) is 5.91 Å². The summed E-state index contributed by atoms with van der Waals surface area (Å²) in [6.07, 6.45) is 0. The highest BCUT2D eigenvalue weighted by atomic mass is 16.5. The minimum absolute atomic E-state index is 0.123. The van der Waals surface area contributed by atoms with Gasteiger partial charge in [0.05, 0.1) is 13.0 Å². The van der Waals surface area contributed by atoms with Gasteiger partial charge in [-0.3, -0.25) is 4.79 Å². The number of nitrogens with one attached hydrogen (secondary N) is 1. The summed E-state index contributed by atoms with van der Waals surface area (Å²) in [6, 6.07) is 12.5. The highest BCUT2D eigenvalue weighted by Crippen LogP contribution is 2.26. The zero-order valence-corrected chi connectivity index (χ0v) is 14.0.